The molecular formula is C14H27Cl3O7S. The first-order chi connectivity index (χ1) is 11.6. The summed E-state index contributed by atoms with van der Waals surface area (Å²) in [7, 11) is 0.665. The molecule has 0 atom stereocenters. The Morgan fingerprint density at radius 3 is 1.68 bits per heavy atom. The molecule has 7 nitrogen and oxygen atoms in total. The Balaban J connectivity index is -0.000000296. The molecule has 0 rings (SSSR count). The fourth-order valence-electron chi connectivity index (χ4n) is 1.23. The number of alkyl halides is 2. The van der Waals surface area contributed by atoms with Gasteiger partial charge in [-0.25, -0.2) is 4.18 Å². The molecule has 0 spiro atoms. The van der Waals surface area contributed by atoms with E-state index >= 15 is 0 Å². The number of carboxylic acids is 1. The molecule has 0 aromatic heterocycles. The van der Waals surface area contributed by atoms with Gasteiger partial charge in [0.1, 0.15) is 6.07 Å². The maximum atomic E-state index is 10.6. The number of carbonyl (C=O) groups is 2. The van der Waals surface area contributed by atoms with Crippen molar-refractivity contribution in [3.05, 3.63) is 0 Å². The SMILES string of the molecule is CCCCCC(=O)O.CCCCCC(=O)OCCl.O=S(=O)(Cl)OCCl. The molecule has 0 saturated heterocycles. The molecule has 152 valence electrons. The second-order valence-corrected chi connectivity index (χ2v) is 7.15. The van der Waals surface area contributed by atoms with Gasteiger partial charge < -0.3 is 9.84 Å². The van der Waals surface area contributed by atoms with Crippen molar-refractivity contribution >= 4 is 55.2 Å². The number of hydrogen-bond acceptors (Lipinski definition) is 6. The van der Waals surface area contributed by atoms with Crippen LogP contribution in [0.3, 0.4) is 0 Å². The van der Waals surface area contributed by atoms with Crippen LogP contribution in [0.2, 0.25) is 0 Å². The van der Waals surface area contributed by atoms with Gasteiger partial charge in [-0.3, -0.25) is 9.59 Å². The van der Waals surface area contributed by atoms with Crippen LogP contribution < -0.4 is 0 Å². The minimum Gasteiger partial charge on any atom is -0.481 e. The molecule has 0 aromatic rings. The van der Waals surface area contributed by atoms with Crippen molar-refractivity contribution in [2.75, 3.05) is 12.1 Å². The van der Waals surface area contributed by atoms with Crippen LogP contribution in [0, 0.1) is 0 Å². The minimum atomic E-state index is -3.83. The van der Waals surface area contributed by atoms with Crippen molar-refractivity contribution in [1.29, 1.82) is 0 Å². The summed E-state index contributed by atoms with van der Waals surface area (Å²) >= 11 is 9.97. The summed E-state index contributed by atoms with van der Waals surface area (Å²) in [5.74, 6) is -0.873. The van der Waals surface area contributed by atoms with Crippen LogP contribution in [-0.2, 0) is 27.8 Å². The normalized spacial score (nSPS) is 9.96. The highest BCUT2D eigenvalue weighted by Gasteiger charge is 2.00. The Morgan fingerprint density at radius 2 is 1.40 bits per heavy atom. The fraction of sp³-hybridized carbons (Fsp3) is 0.857. The van der Waals surface area contributed by atoms with Crippen molar-refractivity contribution in [2.24, 2.45) is 0 Å². The van der Waals surface area contributed by atoms with Gasteiger partial charge in [-0.2, -0.15) is 8.42 Å². The van der Waals surface area contributed by atoms with E-state index < -0.39 is 21.4 Å². The number of unbranched alkanes of at least 4 members (excludes halogenated alkanes) is 4. The first-order valence-electron chi connectivity index (χ1n) is 7.72. The van der Waals surface area contributed by atoms with Crippen LogP contribution in [0.15, 0.2) is 0 Å². The van der Waals surface area contributed by atoms with E-state index in [1.54, 1.807) is 0 Å². The lowest BCUT2D eigenvalue weighted by Crippen LogP contribution is -2.01. The third-order valence-corrected chi connectivity index (χ3v) is 3.39. The summed E-state index contributed by atoms with van der Waals surface area (Å²) in [6.45, 7) is 4.15. The smallest absolute Gasteiger partial charge is 0.356 e. The van der Waals surface area contributed by atoms with Crippen molar-refractivity contribution < 1.29 is 32.0 Å². The van der Waals surface area contributed by atoms with Gasteiger partial charge in [-0.15, -0.1) is 0 Å². The lowest BCUT2D eigenvalue weighted by atomic mass is 10.2. The first-order valence-corrected chi connectivity index (χ1v) is 11.0. The summed E-state index contributed by atoms with van der Waals surface area (Å²) in [5.41, 5.74) is 0. The van der Waals surface area contributed by atoms with Crippen LogP contribution >= 0.6 is 33.9 Å². The topological polar surface area (TPSA) is 107 Å². The van der Waals surface area contributed by atoms with Gasteiger partial charge in [0, 0.05) is 23.5 Å². The maximum absolute atomic E-state index is 10.6. The molecule has 0 fully saturated rings. The lowest BCUT2D eigenvalue weighted by molar-refractivity contribution is -0.141. The maximum Gasteiger partial charge on any atom is 0.356 e. The van der Waals surface area contributed by atoms with Crippen molar-refractivity contribution in [3.8, 4) is 0 Å². The Hall–Kier alpha value is -0.280. The van der Waals surface area contributed by atoms with E-state index in [2.05, 4.69) is 33.4 Å². The molecule has 0 saturated carbocycles. The summed E-state index contributed by atoms with van der Waals surface area (Å²) in [5, 5.41) is 8.14. The second-order valence-electron chi connectivity index (χ2n) is 4.55. The molecule has 0 aliphatic rings. The number of esters is 1. The van der Waals surface area contributed by atoms with Crippen molar-refractivity contribution in [2.45, 2.75) is 65.2 Å². The molecule has 0 amide bonds. The zero-order valence-corrected chi connectivity index (χ0v) is 17.6. The molecule has 11 heteroatoms. The van der Waals surface area contributed by atoms with E-state index in [9.17, 15) is 18.0 Å². The third-order valence-electron chi connectivity index (χ3n) is 2.38. The van der Waals surface area contributed by atoms with Crippen LogP contribution in [0.25, 0.3) is 0 Å². The highest BCUT2D eigenvalue weighted by atomic mass is 35.7. The first kappa shape index (κ1) is 29.5. The molecule has 1 N–H and O–H groups in total. The highest BCUT2D eigenvalue weighted by Crippen LogP contribution is 2.00. The molecule has 0 bridgehead atoms. The van der Waals surface area contributed by atoms with E-state index in [-0.39, 0.29) is 12.0 Å². The van der Waals surface area contributed by atoms with Crippen LogP contribution in [-0.4, -0.2) is 37.6 Å². The van der Waals surface area contributed by atoms with E-state index in [0.717, 1.165) is 38.5 Å². The number of ether oxygens (including phenoxy) is 1. The van der Waals surface area contributed by atoms with Gasteiger partial charge in [0.05, 0.1) is 0 Å². The molecule has 0 unspecified atom stereocenters. The summed E-state index contributed by atoms with van der Waals surface area (Å²) < 4.78 is 27.6. The van der Waals surface area contributed by atoms with E-state index in [1.807, 2.05) is 0 Å². The minimum absolute atomic E-state index is 0.0229. The van der Waals surface area contributed by atoms with Gasteiger partial charge >= 0.3 is 21.3 Å². The quantitative estimate of drug-likeness (QED) is 0.213. The number of carbonyl (C=O) groups excluding carboxylic acids is 1. The standard InChI is InChI=1S/C7H13ClO2.C6H12O2.CH2Cl2O3S/c1-2-3-4-5-7(9)10-6-8;1-2-3-4-5-6(7)8;2-1-6-7(3,4)5/h2-6H2,1H3;2-5H2,1H3,(H,7,8);1H2. The van der Waals surface area contributed by atoms with Crippen LogP contribution in [0.5, 0.6) is 0 Å². The third kappa shape index (κ3) is 40.0. The number of aliphatic carboxylic acids is 1. The van der Waals surface area contributed by atoms with Crippen LogP contribution in [0.1, 0.15) is 65.2 Å². The van der Waals surface area contributed by atoms with Gasteiger partial charge in [-0.1, -0.05) is 62.7 Å². The van der Waals surface area contributed by atoms with Gasteiger partial charge in [0.25, 0.3) is 0 Å². The predicted molar refractivity (Wildman–Crippen MR) is 99.3 cm³/mol. The van der Waals surface area contributed by atoms with Crippen molar-refractivity contribution in [3.63, 3.8) is 0 Å². The zero-order valence-electron chi connectivity index (χ0n) is 14.5. The fourth-order valence-corrected chi connectivity index (χ4v) is 2.08. The Bertz CT molecular complexity index is 417. The summed E-state index contributed by atoms with van der Waals surface area (Å²) in [6, 6.07) is -0.462. The molecular weight excluding hydrogens is 419 g/mol. The average molecular weight is 446 g/mol. The van der Waals surface area contributed by atoms with E-state index in [0.29, 0.717) is 12.8 Å². The molecule has 25 heavy (non-hydrogen) atoms. The van der Waals surface area contributed by atoms with E-state index in [4.69, 9.17) is 28.3 Å². The average Bonchev–Trinajstić information content (AvgIpc) is 2.48. The van der Waals surface area contributed by atoms with Gasteiger partial charge in [0.2, 0.25) is 0 Å². The van der Waals surface area contributed by atoms with Crippen LogP contribution in [0.4, 0.5) is 0 Å². The summed E-state index contributed by atoms with van der Waals surface area (Å²) in [6.07, 6.45) is 6.89. The zero-order chi connectivity index (χ0) is 20.1. The number of carboxylic acid groups (broad SMARTS) is 1. The van der Waals surface area contributed by atoms with E-state index in [1.165, 1.54) is 0 Å². The Labute approximate surface area is 164 Å². The number of rotatable bonds is 11. The number of halogens is 3. The largest absolute Gasteiger partial charge is 0.481 e. The van der Waals surface area contributed by atoms with Gasteiger partial charge in [0.15, 0.2) is 6.07 Å². The molecule has 0 radical (unpaired) electrons. The van der Waals surface area contributed by atoms with Crippen molar-refractivity contribution in [1.82, 2.24) is 0 Å². The predicted octanol–water partition coefficient (Wildman–Crippen LogP) is 4.64. The molecule has 0 heterocycles. The molecule has 0 aromatic carbocycles. The summed E-state index contributed by atoms with van der Waals surface area (Å²) in [4.78, 5) is 20.5. The lowest BCUT2D eigenvalue weighted by Gasteiger charge is -1.98. The number of hydrogen-bond donors (Lipinski definition) is 1. The molecule has 0 aliphatic heterocycles. The van der Waals surface area contributed by atoms with Gasteiger partial charge in [-0.05, 0) is 12.8 Å². The monoisotopic (exact) mass is 444 g/mol. The second kappa shape index (κ2) is 21.8. The highest BCUT2D eigenvalue weighted by molar-refractivity contribution is 8.10. The Morgan fingerprint density at radius 1 is 0.920 bits per heavy atom. The Kier molecular flexibility index (Phi) is 25.7. The molecule has 0 aliphatic carbocycles.